The van der Waals surface area contributed by atoms with Crippen molar-refractivity contribution in [1.29, 1.82) is 0 Å². The number of furan rings is 1. The lowest BCUT2D eigenvalue weighted by atomic mass is 10.0. The molecule has 0 aliphatic carbocycles. The smallest absolute Gasteiger partial charge is 0.239 e. The molecule has 1 heterocycles. The Morgan fingerprint density at radius 1 is 1.26 bits per heavy atom. The summed E-state index contributed by atoms with van der Waals surface area (Å²) in [6.07, 6.45) is 5.09. The Hall–Kier alpha value is -1.98. The summed E-state index contributed by atoms with van der Waals surface area (Å²) in [6.45, 7) is 7.17. The van der Waals surface area contributed by atoms with Gasteiger partial charge in [0.2, 0.25) is 5.91 Å². The van der Waals surface area contributed by atoms with E-state index >= 15 is 0 Å². The summed E-state index contributed by atoms with van der Waals surface area (Å²) in [5.74, 6) is 2.02. The molecule has 1 rings (SSSR count). The van der Waals surface area contributed by atoms with Crippen LogP contribution in [-0.4, -0.2) is 31.5 Å². The normalized spacial score (nSPS) is 13.0. The Bertz CT molecular complexity index is 469. The molecule has 1 unspecified atom stereocenters. The summed E-state index contributed by atoms with van der Waals surface area (Å²) in [5, 5.41) is 9.12. The van der Waals surface area contributed by atoms with Gasteiger partial charge in [-0.15, -0.1) is 0 Å². The molecular formula is C17H30N4O2. The molecule has 0 aliphatic heterocycles. The van der Waals surface area contributed by atoms with Crippen molar-refractivity contribution >= 4 is 11.9 Å². The van der Waals surface area contributed by atoms with Crippen LogP contribution in [0.15, 0.2) is 27.8 Å². The van der Waals surface area contributed by atoms with Gasteiger partial charge in [-0.25, -0.2) is 0 Å². The molecule has 6 nitrogen and oxygen atoms in total. The Balaban J connectivity index is 2.20. The van der Waals surface area contributed by atoms with Crippen LogP contribution in [0.1, 0.15) is 45.8 Å². The molecule has 6 heteroatoms. The number of nitrogens with zero attached hydrogens (tertiary/aromatic N) is 1. The fourth-order valence-corrected chi connectivity index (χ4v) is 2.16. The van der Waals surface area contributed by atoms with E-state index in [1.165, 1.54) is 12.8 Å². The third kappa shape index (κ3) is 8.90. The van der Waals surface area contributed by atoms with Gasteiger partial charge in [-0.2, -0.15) is 0 Å². The second-order valence-corrected chi connectivity index (χ2v) is 6.15. The van der Waals surface area contributed by atoms with E-state index in [0.717, 1.165) is 18.1 Å². The predicted molar refractivity (Wildman–Crippen MR) is 93.2 cm³/mol. The number of carbonyl (C=O) groups is 1. The first-order chi connectivity index (χ1) is 11.0. The van der Waals surface area contributed by atoms with Crippen LogP contribution in [0, 0.1) is 5.92 Å². The van der Waals surface area contributed by atoms with E-state index in [1.807, 2.05) is 6.07 Å². The number of hydrogen-bond donors (Lipinski definition) is 3. The monoisotopic (exact) mass is 322 g/mol. The summed E-state index contributed by atoms with van der Waals surface area (Å²) < 4.78 is 5.17. The molecule has 0 spiro atoms. The minimum absolute atomic E-state index is 0.100. The maximum Gasteiger partial charge on any atom is 0.239 e. The Morgan fingerprint density at radius 2 is 2.04 bits per heavy atom. The van der Waals surface area contributed by atoms with Crippen LogP contribution in [0.2, 0.25) is 0 Å². The zero-order chi connectivity index (χ0) is 17.1. The van der Waals surface area contributed by atoms with E-state index in [-0.39, 0.29) is 12.5 Å². The molecule has 1 aromatic rings. The van der Waals surface area contributed by atoms with Crippen LogP contribution in [0.4, 0.5) is 0 Å². The van der Waals surface area contributed by atoms with Crippen molar-refractivity contribution in [3.63, 3.8) is 0 Å². The van der Waals surface area contributed by atoms with Crippen LogP contribution in [-0.2, 0) is 11.3 Å². The van der Waals surface area contributed by atoms with Gasteiger partial charge in [0.1, 0.15) is 5.76 Å². The second kappa shape index (κ2) is 10.7. The Kier molecular flexibility index (Phi) is 8.87. The van der Waals surface area contributed by atoms with Crippen molar-refractivity contribution in [3.8, 4) is 0 Å². The molecule has 130 valence electrons. The van der Waals surface area contributed by atoms with Gasteiger partial charge in [-0.1, -0.05) is 26.7 Å². The van der Waals surface area contributed by atoms with Crippen molar-refractivity contribution in [2.24, 2.45) is 10.9 Å². The van der Waals surface area contributed by atoms with Crippen molar-refractivity contribution in [1.82, 2.24) is 16.0 Å². The fraction of sp³-hybridized carbons (Fsp3) is 0.647. The van der Waals surface area contributed by atoms with Gasteiger partial charge in [0, 0.05) is 13.1 Å². The quantitative estimate of drug-likeness (QED) is 0.481. The van der Waals surface area contributed by atoms with E-state index in [1.54, 1.807) is 19.4 Å². The van der Waals surface area contributed by atoms with E-state index in [4.69, 9.17) is 4.42 Å². The highest BCUT2D eigenvalue weighted by Gasteiger charge is 2.08. The number of aliphatic imine (C=N–C) groups is 1. The number of nitrogens with one attached hydrogen (secondary N) is 3. The lowest BCUT2D eigenvalue weighted by Gasteiger charge is -2.18. The largest absolute Gasteiger partial charge is 0.467 e. The zero-order valence-corrected chi connectivity index (χ0v) is 14.7. The van der Waals surface area contributed by atoms with E-state index in [0.29, 0.717) is 18.5 Å². The van der Waals surface area contributed by atoms with Crippen molar-refractivity contribution in [2.75, 3.05) is 13.6 Å². The fourth-order valence-electron chi connectivity index (χ4n) is 2.16. The van der Waals surface area contributed by atoms with E-state index < -0.39 is 0 Å². The van der Waals surface area contributed by atoms with Gasteiger partial charge in [0.05, 0.1) is 19.4 Å². The third-order valence-corrected chi connectivity index (χ3v) is 3.48. The number of hydrogen-bond acceptors (Lipinski definition) is 3. The molecule has 3 N–H and O–H groups in total. The van der Waals surface area contributed by atoms with Gasteiger partial charge in [0.15, 0.2) is 5.96 Å². The summed E-state index contributed by atoms with van der Waals surface area (Å²) in [4.78, 5) is 15.9. The van der Waals surface area contributed by atoms with Crippen LogP contribution in [0.3, 0.4) is 0 Å². The van der Waals surface area contributed by atoms with Gasteiger partial charge >= 0.3 is 0 Å². The molecule has 1 aromatic heterocycles. The number of carbonyl (C=O) groups excluding carboxylic acids is 1. The molecule has 0 saturated heterocycles. The minimum atomic E-state index is -0.100. The van der Waals surface area contributed by atoms with Gasteiger partial charge in [-0.3, -0.25) is 9.79 Å². The molecule has 0 saturated carbocycles. The molecule has 0 bridgehead atoms. The predicted octanol–water partition coefficient (Wildman–Crippen LogP) is 2.28. The molecule has 0 aliphatic rings. The summed E-state index contributed by atoms with van der Waals surface area (Å²) in [6, 6.07) is 3.95. The van der Waals surface area contributed by atoms with E-state index in [2.05, 4.69) is 41.7 Å². The molecular weight excluding hydrogens is 292 g/mol. The van der Waals surface area contributed by atoms with E-state index in [9.17, 15) is 4.79 Å². The number of guanidine groups is 1. The lowest BCUT2D eigenvalue weighted by molar-refractivity contribution is -0.120. The van der Waals surface area contributed by atoms with Gasteiger partial charge in [-0.05, 0) is 31.4 Å². The van der Waals surface area contributed by atoms with Crippen LogP contribution in [0.25, 0.3) is 0 Å². The topological polar surface area (TPSA) is 78.7 Å². The second-order valence-electron chi connectivity index (χ2n) is 6.15. The van der Waals surface area contributed by atoms with Crippen molar-refractivity contribution in [3.05, 3.63) is 24.2 Å². The first-order valence-electron chi connectivity index (χ1n) is 8.27. The highest BCUT2D eigenvalue weighted by atomic mass is 16.3. The van der Waals surface area contributed by atoms with Crippen LogP contribution >= 0.6 is 0 Å². The maximum atomic E-state index is 11.8. The Morgan fingerprint density at radius 3 is 2.65 bits per heavy atom. The summed E-state index contributed by atoms with van der Waals surface area (Å²) in [5.41, 5.74) is 0. The number of amides is 1. The maximum absolute atomic E-state index is 11.8. The lowest BCUT2D eigenvalue weighted by Crippen LogP contribution is -2.46. The molecule has 23 heavy (non-hydrogen) atoms. The average Bonchev–Trinajstić information content (AvgIpc) is 3.02. The molecule has 0 radical (unpaired) electrons. The average molecular weight is 322 g/mol. The molecule has 1 amide bonds. The van der Waals surface area contributed by atoms with Crippen molar-refractivity contribution < 1.29 is 9.21 Å². The third-order valence-electron chi connectivity index (χ3n) is 3.48. The van der Waals surface area contributed by atoms with Crippen molar-refractivity contribution in [2.45, 2.75) is 52.6 Å². The molecule has 0 fully saturated rings. The number of rotatable bonds is 9. The summed E-state index contributed by atoms with van der Waals surface area (Å²) in [7, 11) is 1.71. The Labute approximate surface area is 139 Å². The first kappa shape index (κ1) is 19.1. The SMILES string of the molecule is CN=C(NCC(=O)NCc1ccco1)NC(C)CCCC(C)C. The first-order valence-corrected chi connectivity index (χ1v) is 8.27. The summed E-state index contributed by atoms with van der Waals surface area (Å²) >= 11 is 0. The highest BCUT2D eigenvalue weighted by molar-refractivity contribution is 5.86. The van der Waals surface area contributed by atoms with Gasteiger partial charge < -0.3 is 20.4 Å². The molecule has 0 aromatic carbocycles. The molecule has 1 atom stereocenters. The standard InChI is InChI=1S/C17H30N4O2/c1-13(2)7-5-8-14(3)21-17(18-4)20-12-16(22)19-11-15-9-6-10-23-15/h6,9-10,13-14H,5,7-8,11-12H2,1-4H3,(H,19,22)(H2,18,20,21). The van der Waals surface area contributed by atoms with Gasteiger partial charge in [0.25, 0.3) is 0 Å². The van der Waals surface area contributed by atoms with Crippen LogP contribution < -0.4 is 16.0 Å². The zero-order valence-electron chi connectivity index (χ0n) is 14.7. The minimum Gasteiger partial charge on any atom is -0.467 e. The highest BCUT2D eigenvalue weighted by Crippen LogP contribution is 2.08. The van der Waals surface area contributed by atoms with Crippen LogP contribution in [0.5, 0.6) is 0 Å².